The van der Waals surface area contributed by atoms with Crippen LogP contribution in [0.25, 0.3) is 0 Å². The Morgan fingerprint density at radius 2 is 2.20 bits per heavy atom. The molecule has 0 radical (unpaired) electrons. The van der Waals surface area contributed by atoms with Gasteiger partial charge in [0.05, 0.1) is 6.07 Å². The van der Waals surface area contributed by atoms with Crippen LogP contribution in [-0.4, -0.2) is 18.5 Å². The van der Waals surface area contributed by atoms with Gasteiger partial charge in [0.2, 0.25) is 0 Å². The van der Waals surface area contributed by atoms with Gasteiger partial charge in [0.15, 0.2) is 0 Å². The normalized spacial score (nSPS) is 10.9. The molecule has 0 spiro atoms. The zero-order valence-corrected chi connectivity index (χ0v) is 10.2. The molecule has 0 saturated carbocycles. The summed E-state index contributed by atoms with van der Waals surface area (Å²) in [5.74, 6) is 0. The fourth-order valence-corrected chi connectivity index (χ4v) is 1.25. The Hall–Kier alpha value is -1.23. The maximum atomic E-state index is 8.58. The van der Waals surface area contributed by atoms with Crippen molar-refractivity contribution in [3.05, 3.63) is 23.9 Å². The van der Waals surface area contributed by atoms with Crippen LogP contribution in [0.4, 0.5) is 0 Å². The second-order valence-corrected chi connectivity index (χ2v) is 3.88. The van der Waals surface area contributed by atoms with Gasteiger partial charge in [0.25, 0.3) is 0 Å². The smallest absolute Gasteiger partial charge is 0.0940 e. The van der Waals surface area contributed by atoms with Gasteiger partial charge < -0.3 is 4.90 Å². The minimum Gasteiger partial charge on any atom is -0.378 e. The first kappa shape index (κ1) is 13.8. The summed E-state index contributed by atoms with van der Waals surface area (Å²) in [6.07, 6.45) is 6.38. The lowest BCUT2D eigenvalue weighted by atomic mass is 10.2. The highest BCUT2D eigenvalue weighted by Gasteiger charge is 2.00. The predicted octanol–water partition coefficient (Wildman–Crippen LogP) is 3.48. The van der Waals surface area contributed by atoms with Crippen LogP contribution in [0, 0.1) is 11.3 Å². The molecule has 0 aromatic rings. The number of nitrogens with zero attached hydrogens (tertiary/aromatic N) is 2. The third-order valence-electron chi connectivity index (χ3n) is 2.45. The molecule has 0 aromatic heterocycles. The number of hydrogen-bond acceptors (Lipinski definition) is 2. The van der Waals surface area contributed by atoms with Gasteiger partial charge in [-0.3, -0.25) is 0 Å². The van der Waals surface area contributed by atoms with Crippen LogP contribution in [0.1, 0.15) is 39.5 Å². The SMILES string of the molecule is C=C(CCCC)N(C)CC/C=C(/C)C#N. The maximum absolute atomic E-state index is 8.58. The van der Waals surface area contributed by atoms with Gasteiger partial charge in [-0.15, -0.1) is 0 Å². The molecule has 0 heterocycles. The van der Waals surface area contributed by atoms with Gasteiger partial charge in [-0.25, -0.2) is 0 Å². The summed E-state index contributed by atoms with van der Waals surface area (Å²) in [4.78, 5) is 2.18. The highest BCUT2D eigenvalue weighted by atomic mass is 15.1. The van der Waals surface area contributed by atoms with E-state index in [1.807, 2.05) is 13.0 Å². The second kappa shape index (κ2) is 8.11. The average molecular weight is 206 g/mol. The van der Waals surface area contributed by atoms with Crippen LogP contribution in [-0.2, 0) is 0 Å². The second-order valence-electron chi connectivity index (χ2n) is 3.88. The molecule has 0 aliphatic rings. The summed E-state index contributed by atoms with van der Waals surface area (Å²) in [6, 6.07) is 2.12. The van der Waals surface area contributed by atoms with Gasteiger partial charge in [-0.1, -0.05) is 26.0 Å². The Kier molecular flexibility index (Phi) is 7.44. The van der Waals surface area contributed by atoms with Crippen LogP contribution < -0.4 is 0 Å². The molecule has 0 atom stereocenters. The zero-order chi connectivity index (χ0) is 11.7. The molecule has 0 aliphatic heterocycles. The monoisotopic (exact) mass is 206 g/mol. The Morgan fingerprint density at radius 3 is 2.73 bits per heavy atom. The van der Waals surface area contributed by atoms with E-state index in [0.717, 1.165) is 25.0 Å². The maximum Gasteiger partial charge on any atom is 0.0940 e. The van der Waals surface area contributed by atoms with E-state index in [9.17, 15) is 0 Å². The summed E-state index contributed by atoms with van der Waals surface area (Å²) in [6.45, 7) is 9.02. The molecule has 0 rings (SSSR count). The largest absolute Gasteiger partial charge is 0.378 e. The molecule has 15 heavy (non-hydrogen) atoms. The first-order chi connectivity index (χ1) is 7.11. The van der Waals surface area contributed by atoms with E-state index in [0.29, 0.717) is 0 Å². The Morgan fingerprint density at radius 1 is 1.53 bits per heavy atom. The van der Waals surface area contributed by atoms with Crippen molar-refractivity contribution >= 4 is 0 Å². The van der Waals surface area contributed by atoms with Gasteiger partial charge in [0.1, 0.15) is 0 Å². The lowest BCUT2D eigenvalue weighted by Gasteiger charge is -2.20. The molecular weight excluding hydrogens is 184 g/mol. The lowest BCUT2D eigenvalue weighted by Crippen LogP contribution is -2.17. The van der Waals surface area contributed by atoms with Crippen molar-refractivity contribution in [2.75, 3.05) is 13.6 Å². The summed E-state index contributed by atoms with van der Waals surface area (Å²) < 4.78 is 0. The molecule has 0 amide bonds. The van der Waals surface area contributed by atoms with Crippen LogP contribution in [0.5, 0.6) is 0 Å². The third kappa shape index (κ3) is 6.79. The van der Waals surface area contributed by atoms with Gasteiger partial charge in [0, 0.05) is 24.9 Å². The van der Waals surface area contributed by atoms with E-state index in [4.69, 9.17) is 5.26 Å². The van der Waals surface area contributed by atoms with Crippen molar-refractivity contribution < 1.29 is 0 Å². The number of allylic oxidation sites excluding steroid dienone is 2. The van der Waals surface area contributed by atoms with E-state index in [1.165, 1.54) is 18.5 Å². The standard InChI is InChI=1S/C13H22N2/c1-5-6-9-13(3)15(4)10-7-8-12(2)11-14/h8H,3,5-7,9-10H2,1-2,4H3/b12-8-. The van der Waals surface area contributed by atoms with Gasteiger partial charge in [-0.2, -0.15) is 5.26 Å². The van der Waals surface area contributed by atoms with Crippen LogP contribution in [0.3, 0.4) is 0 Å². The van der Waals surface area contributed by atoms with Gasteiger partial charge in [-0.05, 0) is 26.2 Å². The quantitative estimate of drug-likeness (QED) is 0.596. The van der Waals surface area contributed by atoms with Crippen LogP contribution >= 0.6 is 0 Å². The molecule has 2 heteroatoms. The summed E-state index contributed by atoms with van der Waals surface area (Å²) >= 11 is 0. The number of hydrogen-bond donors (Lipinski definition) is 0. The van der Waals surface area contributed by atoms with Crippen molar-refractivity contribution in [3.8, 4) is 6.07 Å². The molecule has 2 nitrogen and oxygen atoms in total. The van der Waals surface area contributed by atoms with E-state index < -0.39 is 0 Å². The van der Waals surface area contributed by atoms with E-state index in [1.54, 1.807) is 0 Å². The van der Waals surface area contributed by atoms with Crippen molar-refractivity contribution in [1.29, 1.82) is 5.26 Å². The highest BCUT2D eigenvalue weighted by Crippen LogP contribution is 2.09. The first-order valence-electron chi connectivity index (χ1n) is 5.57. The molecular formula is C13H22N2. The number of rotatable bonds is 7. The molecule has 0 unspecified atom stereocenters. The predicted molar refractivity (Wildman–Crippen MR) is 65.3 cm³/mol. The van der Waals surface area contributed by atoms with Crippen molar-refractivity contribution in [3.63, 3.8) is 0 Å². The Balaban J connectivity index is 3.79. The fourth-order valence-electron chi connectivity index (χ4n) is 1.25. The minimum absolute atomic E-state index is 0.794. The molecule has 0 aromatic carbocycles. The Labute approximate surface area is 93.9 Å². The average Bonchev–Trinajstić information content (AvgIpc) is 2.25. The van der Waals surface area contributed by atoms with Crippen molar-refractivity contribution in [1.82, 2.24) is 4.90 Å². The summed E-state index contributed by atoms with van der Waals surface area (Å²) in [5.41, 5.74) is 1.99. The lowest BCUT2D eigenvalue weighted by molar-refractivity contribution is 0.406. The summed E-state index contributed by atoms with van der Waals surface area (Å²) in [7, 11) is 2.06. The van der Waals surface area contributed by atoms with Crippen molar-refractivity contribution in [2.45, 2.75) is 39.5 Å². The van der Waals surface area contributed by atoms with Crippen molar-refractivity contribution in [2.24, 2.45) is 0 Å². The molecule has 0 bridgehead atoms. The minimum atomic E-state index is 0.794. The molecule has 0 fully saturated rings. The van der Waals surface area contributed by atoms with Crippen LogP contribution in [0.2, 0.25) is 0 Å². The van der Waals surface area contributed by atoms with Gasteiger partial charge >= 0.3 is 0 Å². The third-order valence-corrected chi connectivity index (χ3v) is 2.45. The molecule has 0 saturated heterocycles. The first-order valence-corrected chi connectivity index (χ1v) is 5.57. The topological polar surface area (TPSA) is 27.0 Å². The number of nitriles is 1. The fraction of sp³-hybridized carbons (Fsp3) is 0.615. The summed E-state index contributed by atoms with van der Waals surface area (Å²) in [5, 5.41) is 8.58. The van der Waals surface area contributed by atoms with Crippen LogP contribution in [0.15, 0.2) is 23.9 Å². The molecule has 0 aliphatic carbocycles. The molecule has 84 valence electrons. The van der Waals surface area contributed by atoms with E-state index in [2.05, 4.69) is 31.5 Å². The number of unbranched alkanes of at least 4 members (excludes halogenated alkanes) is 1. The highest BCUT2D eigenvalue weighted by molar-refractivity contribution is 5.17. The van der Waals surface area contributed by atoms with E-state index in [-0.39, 0.29) is 0 Å². The Bertz CT molecular complexity index is 258. The van der Waals surface area contributed by atoms with E-state index >= 15 is 0 Å². The zero-order valence-electron chi connectivity index (χ0n) is 10.2. The molecule has 0 N–H and O–H groups in total.